The van der Waals surface area contributed by atoms with Gasteiger partial charge in [-0.25, -0.2) is 0 Å². The van der Waals surface area contributed by atoms with Crippen LogP contribution >= 0.6 is 0 Å². The van der Waals surface area contributed by atoms with E-state index in [2.05, 4.69) is 64.2 Å². The summed E-state index contributed by atoms with van der Waals surface area (Å²) in [6.45, 7) is 10.5. The molecule has 146 valence electrons. The van der Waals surface area contributed by atoms with Crippen LogP contribution in [0.4, 0.5) is 0 Å². The van der Waals surface area contributed by atoms with Crippen molar-refractivity contribution < 1.29 is 4.79 Å². The standard InChI is InChI=1S/C22H32N4O/c1-16-7-5-8-20(13-16)15-22-21(9-6-11-25(22)19(4)27)23-10-12-26-18(3)14-17(2)24-26/h5,7-8,13-14,21-23H,6,9-12,15H2,1-4H3/t21-,22-/m0/s1. The van der Waals surface area contributed by atoms with Crippen molar-refractivity contribution in [2.45, 2.75) is 65.6 Å². The van der Waals surface area contributed by atoms with Gasteiger partial charge in [0.2, 0.25) is 5.91 Å². The summed E-state index contributed by atoms with van der Waals surface area (Å²) in [5, 5.41) is 8.27. The van der Waals surface area contributed by atoms with E-state index in [0.29, 0.717) is 6.04 Å². The Kier molecular flexibility index (Phi) is 6.32. The van der Waals surface area contributed by atoms with E-state index in [1.54, 1.807) is 6.92 Å². The molecular formula is C22H32N4O. The Balaban J connectivity index is 1.68. The highest BCUT2D eigenvalue weighted by Crippen LogP contribution is 2.22. The van der Waals surface area contributed by atoms with Crippen LogP contribution in [0, 0.1) is 20.8 Å². The fourth-order valence-electron chi connectivity index (χ4n) is 4.28. The number of rotatable bonds is 6. The first-order chi connectivity index (χ1) is 12.9. The van der Waals surface area contributed by atoms with Crippen molar-refractivity contribution in [1.29, 1.82) is 0 Å². The number of amides is 1. The average molecular weight is 369 g/mol. The monoisotopic (exact) mass is 368 g/mol. The zero-order valence-electron chi connectivity index (χ0n) is 17.0. The number of nitrogens with zero attached hydrogens (tertiary/aromatic N) is 3. The first-order valence-corrected chi connectivity index (χ1v) is 10.0. The van der Waals surface area contributed by atoms with E-state index < -0.39 is 0 Å². The Morgan fingerprint density at radius 1 is 1.26 bits per heavy atom. The molecule has 5 nitrogen and oxygen atoms in total. The molecule has 0 radical (unpaired) electrons. The van der Waals surface area contributed by atoms with Crippen LogP contribution in [0.2, 0.25) is 0 Å². The minimum atomic E-state index is 0.178. The summed E-state index contributed by atoms with van der Waals surface area (Å²) in [6.07, 6.45) is 3.07. The molecule has 0 saturated carbocycles. The lowest BCUT2D eigenvalue weighted by molar-refractivity contribution is -0.133. The maximum absolute atomic E-state index is 12.2. The number of hydrogen-bond donors (Lipinski definition) is 1. The van der Waals surface area contributed by atoms with Crippen LogP contribution in [0.5, 0.6) is 0 Å². The topological polar surface area (TPSA) is 50.2 Å². The van der Waals surface area contributed by atoms with Gasteiger partial charge in [0.1, 0.15) is 0 Å². The molecular weight excluding hydrogens is 336 g/mol. The molecule has 1 aliphatic heterocycles. The molecule has 0 spiro atoms. The summed E-state index contributed by atoms with van der Waals surface area (Å²) in [5.41, 5.74) is 4.83. The molecule has 0 unspecified atom stereocenters. The zero-order chi connectivity index (χ0) is 19.4. The third-order valence-corrected chi connectivity index (χ3v) is 5.54. The van der Waals surface area contributed by atoms with Crippen LogP contribution in [0.3, 0.4) is 0 Å². The smallest absolute Gasteiger partial charge is 0.219 e. The van der Waals surface area contributed by atoms with Crippen molar-refractivity contribution in [3.8, 4) is 0 Å². The number of aromatic nitrogens is 2. The SMILES string of the molecule is CC(=O)N1CCC[C@H](NCCn2nc(C)cc2C)[C@@H]1Cc1cccc(C)c1. The predicted octanol–water partition coefficient (Wildman–Crippen LogP) is 3.02. The van der Waals surface area contributed by atoms with Crippen LogP contribution < -0.4 is 5.32 Å². The molecule has 2 aromatic rings. The highest BCUT2D eigenvalue weighted by atomic mass is 16.2. The summed E-state index contributed by atoms with van der Waals surface area (Å²) < 4.78 is 2.06. The molecule has 0 bridgehead atoms. The van der Waals surface area contributed by atoms with Gasteiger partial charge in [-0.3, -0.25) is 9.48 Å². The third-order valence-electron chi connectivity index (χ3n) is 5.54. The second-order valence-electron chi connectivity index (χ2n) is 7.83. The predicted molar refractivity (Wildman–Crippen MR) is 109 cm³/mol. The van der Waals surface area contributed by atoms with E-state index >= 15 is 0 Å². The van der Waals surface area contributed by atoms with Crippen molar-refractivity contribution in [3.05, 3.63) is 52.8 Å². The quantitative estimate of drug-likeness (QED) is 0.853. The van der Waals surface area contributed by atoms with E-state index in [1.165, 1.54) is 16.8 Å². The molecule has 27 heavy (non-hydrogen) atoms. The minimum absolute atomic E-state index is 0.178. The molecule has 1 amide bonds. The molecule has 5 heteroatoms. The summed E-state index contributed by atoms with van der Waals surface area (Å²) in [6, 6.07) is 11.3. The van der Waals surface area contributed by atoms with Gasteiger partial charge >= 0.3 is 0 Å². The summed E-state index contributed by atoms with van der Waals surface area (Å²) in [7, 11) is 0. The minimum Gasteiger partial charge on any atom is -0.338 e. The number of benzene rings is 1. The van der Waals surface area contributed by atoms with Gasteiger partial charge in [-0.1, -0.05) is 29.8 Å². The third kappa shape index (κ3) is 4.98. The van der Waals surface area contributed by atoms with E-state index in [9.17, 15) is 4.79 Å². The summed E-state index contributed by atoms with van der Waals surface area (Å²) in [5.74, 6) is 0.178. The Morgan fingerprint density at radius 2 is 2.07 bits per heavy atom. The van der Waals surface area contributed by atoms with Crippen LogP contribution in [0.15, 0.2) is 30.3 Å². The molecule has 2 heterocycles. The van der Waals surface area contributed by atoms with Crippen LogP contribution in [-0.4, -0.2) is 45.8 Å². The Hall–Kier alpha value is -2.14. The fraction of sp³-hybridized carbons (Fsp3) is 0.545. The van der Waals surface area contributed by atoms with Gasteiger partial charge < -0.3 is 10.2 Å². The molecule has 1 N–H and O–H groups in total. The maximum atomic E-state index is 12.2. The van der Waals surface area contributed by atoms with Crippen LogP contribution in [0.1, 0.15) is 42.3 Å². The van der Waals surface area contributed by atoms with E-state index in [0.717, 1.165) is 44.6 Å². The van der Waals surface area contributed by atoms with Crippen molar-refractivity contribution >= 4 is 5.91 Å². The Morgan fingerprint density at radius 3 is 2.74 bits per heavy atom. The lowest BCUT2D eigenvalue weighted by Crippen LogP contribution is -2.56. The molecule has 1 saturated heterocycles. The molecule has 2 atom stereocenters. The van der Waals surface area contributed by atoms with Crippen LogP contribution in [-0.2, 0) is 17.8 Å². The summed E-state index contributed by atoms with van der Waals surface area (Å²) in [4.78, 5) is 14.3. The lowest BCUT2D eigenvalue weighted by Gasteiger charge is -2.41. The number of carbonyl (C=O) groups excluding carboxylic acids is 1. The first kappa shape index (κ1) is 19.6. The average Bonchev–Trinajstić information content (AvgIpc) is 2.93. The highest BCUT2D eigenvalue weighted by molar-refractivity contribution is 5.73. The van der Waals surface area contributed by atoms with Gasteiger partial charge in [0, 0.05) is 31.7 Å². The van der Waals surface area contributed by atoms with E-state index in [4.69, 9.17) is 0 Å². The van der Waals surface area contributed by atoms with Crippen molar-refractivity contribution in [3.63, 3.8) is 0 Å². The molecule has 3 rings (SSSR count). The Bertz CT molecular complexity index is 782. The molecule has 1 aliphatic rings. The molecule has 1 fully saturated rings. The second-order valence-corrected chi connectivity index (χ2v) is 7.83. The normalized spacial score (nSPS) is 20.1. The van der Waals surface area contributed by atoms with Gasteiger partial charge in [-0.2, -0.15) is 5.10 Å². The van der Waals surface area contributed by atoms with Gasteiger partial charge in [0.05, 0.1) is 18.3 Å². The van der Waals surface area contributed by atoms with Crippen molar-refractivity contribution in [2.75, 3.05) is 13.1 Å². The van der Waals surface area contributed by atoms with Gasteiger partial charge in [0.25, 0.3) is 0 Å². The number of piperidine rings is 1. The van der Waals surface area contributed by atoms with Gasteiger partial charge in [0.15, 0.2) is 0 Å². The van der Waals surface area contributed by atoms with Crippen LogP contribution in [0.25, 0.3) is 0 Å². The van der Waals surface area contributed by atoms with Crippen molar-refractivity contribution in [2.24, 2.45) is 0 Å². The number of carbonyl (C=O) groups is 1. The van der Waals surface area contributed by atoms with Gasteiger partial charge in [-0.15, -0.1) is 0 Å². The van der Waals surface area contributed by atoms with E-state index in [1.807, 2.05) is 6.92 Å². The second kappa shape index (κ2) is 8.70. The number of nitrogens with one attached hydrogen (secondary N) is 1. The van der Waals surface area contributed by atoms with Gasteiger partial charge in [-0.05, 0) is 51.7 Å². The highest BCUT2D eigenvalue weighted by Gasteiger charge is 2.32. The van der Waals surface area contributed by atoms with E-state index in [-0.39, 0.29) is 11.9 Å². The number of likely N-dealkylation sites (tertiary alicyclic amines) is 1. The Labute approximate surface area is 162 Å². The zero-order valence-corrected chi connectivity index (χ0v) is 17.0. The van der Waals surface area contributed by atoms with Crippen molar-refractivity contribution in [1.82, 2.24) is 20.0 Å². The first-order valence-electron chi connectivity index (χ1n) is 10.0. The maximum Gasteiger partial charge on any atom is 0.219 e. The molecule has 0 aliphatic carbocycles. The molecule has 1 aromatic carbocycles. The number of aryl methyl sites for hydroxylation is 3. The molecule has 1 aromatic heterocycles. The number of hydrogen-bond acceptors (Lipinski definition) is 3. The lowest BCUT2D eigenvalue weighted by atomic mass is 9.90. The summed E-state index contributed by atoms with van der Waals surface area (Å²) >= 11 is 0. The fourth-order valence-corrected chi connectivity index (χ4v) is 4.28. The largest absolute Gasteiger partial charge is 0.338 e.